The Morgan fingerprint density at radius 3 is 2.57 bits per heavy atom. The summed E-state index contributed by atoms with van der Waals surface area (Å²) in [5.74, 6) is 0. The van der Waals surface area contributed by atoms with Gasteiger partial charge in [0.25, 0.3) is 0 Å². The highest BCUT2D eigenvalue weighted by molar-refractivity contribution is 6.33. The molecule has 0 radical (unpaired) electrons. The molecule has 3 rings (SSSR count). The second-order valence-electron chi connectivity index (χ2n) is 5.94. The molecular formula is C14H17ClF3N3. The van der Waals surface area contributed by atoms with Crippen LogP contribution in [0, 0.1) is 5.41 Å². The molecule has 0 amide bonds. The third-order valence-electron chi connectivity index (χ3n) is 4.57. The van der Waals surface area contributed by atoms with Crippen molar-refractivity contribution in [2.45, 2.75) is 25.4 Å². The molecule has 2 fully saturated rings. The van der Waals surface area contributed by atoms with Crippen LogP contribution in [0.2, 0.25) is 5.02 Å². The van der Waals surface area contributed by atoms with Crippen molar-refractivity contribution in [1.82, 2.24) is 10.3 Å². The maximum atomic E-state index is 12.6. The molecule has 3 heterocycles. The molecule has 116 valence electrons. The molecule has 2 aliphatic rings. The summed E-state index contributed by atoms with van der Waals surface area (Å²) in [6.07, 6.45) is 0.0745. The van der Waals surface area contributed by atoms with Crippen LogP contribution in [0.1, 0.15) is 25.0 Å². The highest BCUT2D eigenvalue weighted by atomic mass is 35.5. The Hall–Kier alpha value is -1.01. The largest absolute Gasteiger partial charge is 0.433 e. The maximum absolute atomic E-state index is 12.6. The number of nitrogens with one attached hydrogen (secondary N) is 1. The average Bonchev–Trinajstić information content (AvgIpc) is 2.82. The van der Waals surface area contributed by atoms with Crippen molar-refractivity contribution in [2.75, 3.05) is 31.1 Å². The lowest BCUT2D eigenvalue weighted by Gasteiger charge is -2.34. The van der Waals surface area contributed by atoms with Gasteiger partial charge in [-0.3, -0.25) is 0 Å². The summed E-state index contributed by atoms with van der Waals surface area (Å²) in [6, 6.07) is 0.921. The number of aromatic nitrogens is 1. The van der Waals surface area contributed by atoms with Gasteiger partial charge in [-0.2, -0.15) is 13.2 Å². The lowest BCUT2D eigenvalue weighted by Crippen LogP contribution is -2.38. The number of piperidine rings is 1. The number of alkyl halides is 3. The van der Waals surface area contributed by atoms with Gasteiger partial charge in [-0.15, -0.1) is 0 Å². The van der Waals surface area contributed by atoms with Crippen molar-refractivity contribution >= 4 is 17.3 Å². The molecule has 0 atom stereocenters. The van der Waals surface area contributed by atoms with Gasteiger partial charge in [-0.05, 0) is 43.8 Å². The van der Waals surface area contributed by atoms with E-state index in [2.05, 4.69) is 15.2 Å². The van der Waals surface area contributed by atoms with Crippen LogP contribution in [-0.2, 0) is 6.18 Å². The fraction of sp³-hybridized carbons (Fsp3) is 0.643. The predicted molar refractivity (Wildman–Crippen MR) is 75.6 cm³/mol. The van der Waals surface area contributed by atoms with Gasteiger partial charge >= 0.3 is 6.18 Å². The van der Waals surface area contributed by atoms with E-state index in [1.807, 2.05) is 0 Å². The van der Waals surface area contributed by atoms with E-state index in [1.165, 1.54) is 6.20 Å². The third-order valence-corrected chi connectivity index (χ3v) is 4.87. The standard InChI is InChI=1S/C14H17ClF3N3/c15-10-7-12(14(16,17)18)20-8-11(10)21-6-3-13(9-21)1-4-19-5-2-13/h7-8,19H,1-6,9H2. The number of pyridine rings is 1. The normalized spacial score (nSPS) is 22.0. The maximum Gasteiger partial charge on any atom is 0.433 e. The number of anilines is 1. The number of halogens is 4. The van der Waals surface area contributed by atoms with Gasteiger partial charge in [-0.25, -0.2) is 4.98 Å². The summed E-state index contributed by atoms with van der Waals surface area (Å²) in [4.78, 5) is 5.60. The zero-order valence-electron chi connectivity index (χ0n) is 11.5. The van der Waals surface area contributed by atoms with E-state index in [0.29, 0.717) is 5.69 Å². The lowest BCUT2D eigenvalue weighted by atomic mass is 9.78. The Morgan fingerprint density at radius 1 is 1.24 bits per heavy atom. The van der Waals surface area contributed by atoms with Gasteiger partial charge in [0.15, 0.2) is 0 Å². The monoisotopic (exact) mass is 319 g/mol. The highest BCUT2D eigenvalue weighted by Crippen LogP contribution is 2.42. The molecule has 7 heteroatoms. The van der Waals surface area contributed by atoms with Crippen LogP contribution < -0.4 is 10.2 Å². The second-order valence-corrected chi connectivity index (χ2v) is 6.35. The minimum Gasteiger partial charge on any atom is -0.369 e. The molecule has 21 heavy (non-hydrogen) atoms. The van der Waals surface area contributed by atoms with E-state index in [9.17, 15) is 13.2 Å². The molecule has 1 aromatic rings. The topological polar surface area (TPSA) is 28.2 Å². The van der Waals surface area contributed by atoms with Crippen molar-refractivity contribution in [1.29, 1.82) is 0 Å². The second kappa shape index (κ2) is 5.32. The fourth-order valence-electron chi connectivity index (χ4n) is 3.32. The van der Waals surface area contributed by atoms with E-state index in [4.69, 9.17) is 11.6 Å². The molecular weight excluding hydrogens is 303 g/mol. The summed E-state index contributed by atoms with van der Waals surface area (Å²) < 4.78 is 37.9. The Morgan fingerprint density at radius 2 is 1.95 bits per heavy atom. The molecule has 0 aliphatic carbocycles. The smallest absolute Gasteiger partial charge is 0.369 e. The molecule has 3 nitrogen and oxygen atoms in total. The van der Waals surface area contributed by atoms with Crippen molar-refractivity contribution in [3.05, 3.63) is 23.0 Å². The Balaban J connectivity index is 1.79. The summed E-state index contributed by atoms with van der Waals surface area (Å²) in [5, 5.41) is 3.47. The molecule has 2 saturated heterocycles. The SMILES string of the molecule is FC(F)(F)c1cc(Cl)c(N2CCC3(CCNCC3)C2)cn1. The number of rotatable bonds is 1. The molecule has 1 aromatic heterocycles. The zero-order chi connectivity index (χ0) is 15.1. The molecule has 0 aromatic carbocycles. The Bertz CT molecular complexity index is 527. The zero-order valence-corrected chi connectivity index (χ0v) is 12.3. The lowest BCUT2D eigenvalue weighted by molar-refractivity contribution is -0.141. The summed E-state index contributed by atoms with van der Waals surface area (Å²) in [5.41, 5.74) is -0.0517. The summed E-state index contributed by atoms with van der Waals surface area (Å²) in [7, 11) is 0. The predicted octanol–water partition coefficient (Wildman–Crippen LogP) is 3.33. The minimum atomic E-state index is -4.45. The van der Waals surface area contributed by atoms with Crippen molar-refractivity contribution in [3.63, 3.8) is 0 Å². The first-order valence-corrected chi connectivity index (χ1v) is 7.46. The van der Waals surface area contributed by atoms with E-state index in [1.54, 1.807) is 0 Å². The number of nitrogens with zero attached hydrogens (tertiary/aromatic N) is 2. The minimum absolute atomic E-state index is 0.128. The summed E-state index contributed by atoms with van der Waals surface area (Å²) >= 11 is 6.05. The molecule has 0 saturated carbocycles. The van der Waals surface area contributed by atoms with Crippen molar-refractivity contribution in [2.24, 2.45) is 5.41 Å². The molecule has 1 N–H and O–H groups in total. The molecule has 1 spiro atoms. The van der Waals surface area contributed by atoms with E-state index < -0.39 is 11.9 Å². The van der Waals surface area contributed by atoms with E-state index >= 15 is 0 Å². The molecule has 0 bridgehead atoms. The first kappa shape index (κ1) is 14.9. The van der Waals surface area contributed by atoms with Gasteiger partial charge in [0.05, 0.1) is 16.9 Å². The number of hydrogen-bond acceptors (Lipinski definition) is 3. The van der Waals surface area contributed by atoms with Crippen LogP contribution in [0.15, 0.2) is 12.3 Å². The quantitative estimate of drug-likeness (QED) is 0.860. The van der Waals surface area contributed by atoms with Gasteiger partial charge in [0.1, 0.15) is 5.69 Å². The van der Waals surface area contributed by atoms with Crippen LogP contribution in [0.5, 0.6) is 0 Å². The van der Waals surface area contributed by atoms with Gasteiger partial charge in [0, 0.05) is 13.1 Å². The van der Waals surface area contributed by atoms with E-state index in [-0.39, 0.29) is 10.4 Å². The first-order chi connectivity index (χ1) is 9.90. The van der Waals surface area contributed by atoms with Crippen LogP contribution in [0.3, 0.4) is 0 Å². The average molecular weight is 320 g/mol. The third kappa shape index (κ3) is 2.97. The Kier molecular flexibility index (Phi) is 3.78. The van der Waals surface area contributed by atoms with Gasteiger partial charge in [-0.1, -0.05) is 11.6 Å². The molecule has 0 unspecified atom stereocenters. The summed E-state index contributed by atoms with van der Waals surface area (Å²) in [6.45, 7) is 3.69. The van der Waals surface area contributed by atoms with Crippen molar-refractivity contribution in [3.8, 4) is 0 Å². The van der Waals surface area contributed by atoms with Crippen LogP contribution in [0.25, 0.3) is 0 Å². The van der Waals surface area contributed by atoms with Crippen LogP contribution in [-0.4, -0.2) is 31.2 Å². The van der Waals surface area contributed by atoms with Crippen molar-refractivity contribution < 1.29 is 13.2 Å². The fourth-order valence-corrected chi connectivity index (χ4v) is 3.59. The van der Waals surface area contributed by atoms with Gasteiger partial charge in [0.2, 0.25) is 0 Å². The van der Waals surface area contributed by atoms with Crippen LogP contribution >= 0.6 is 11.6 Å². The first-order valence-electron chi connectivity index (χ1n) is 7.08. The Labute approximate surface area is 126 Å². The van der Waals surface area contributed by atoms with E-state index in [0.717, 1.165) is 51.5 Å². The van der Waals surface area contributed by atoms with Crippen LogP contribution in [0.4, 0.5) is 18.9 Å². The highest BCUT2D eigenvalue weighted by Gasteiger charge is 2.40. The molecule has 2 aliphatic heterocycles. The van der Waals surface area contributed by atoms with Gasteiger partial charge < -0.3 is 10.2 Å². The number of hydrogen-bond donors (Lipinski definition) is 1.